The van der Waals surface area contributed by atoms with Gasteiger partial charge in [0, 0.05) is 28.0 Å². The third-order valence-electron chi connectivity index (χ3n) is 5.47. The molecule has 0 saturated carbocycles. The lowest BCUT2D eigenvalue weighted by atomic mass is 10.1. The summed E-state index contributed by atoms with van der Waals surface area (Å²) in [4.78, 5) is 7.38. The zero-order valence-corrected chi connectivity index (χ0v) is 19.2. The second-order valence-electron chi connectivity index (χ2n) is 7.79. The van der Waals surface area contributed by atoms with Crippen molar-refractivity contribution in [2.24, 2.45) is 0 Å². The van der Waals surface area contributed by atoms with Crippen LogP contribution in [0.25, 0.3) is 22.2 Å². The molecule has 0 unspecified atom stereocenters. The van der Waals surface area contributed by atoms with Crippen LogP contribution in [0.3, 0.4) is 0 Å². The van der Waals surface area contributed by atoms with Crippen molar-refractivity contribution in [1.82, 2.24) is 9.88 Å². The molecule has 1 aromatic heterocycles. The Bertz CT molecular complexity index is 969. The van der Waals surface area contributed by atoms with Gasteiger partial charge in [0.2, 0.25) is 0 Å². The molecule has 2 aromatic carbocycles. The van der Waals surface area contributed by atoms with Gasteiger partial charge < -0.3 is 9.47 Å². The van der Waals surface area contributed by atoms with Crippen molar-refractivity contribution in [3.8, 4) is 22.8 Å². The molecule has 0 bridgehead atoms. The van der Waals surface area contributed by atoms with Crippen LogP contribution in [-0.2, 0) is 0 Å². The van der Waals surface area contributed by atoms with Crippen molar-refractivity contribution in [3.05, 3.63) is 53.0 Å². The Kier molecular flexibility index (Phi) is 7.24. The summed E-state index contributed by atoms with van der Waals surface area (Å²) in [5.74, 6) is 1.78. The highest BCUT2D eigenvalue weighted by Crippen LogP contribution is 2.32. The SMILES string of the molecule is CCCOc1ccc(-c2cc(OCCN3CCCCC3)c3cc(Br)ccc3n2)cc1. The number of halogens is 1. The Morgan fingerprint density at radius 3 is 2.50 bits per heavy atom. The number of hydrogen-bond acceptors (Lipinski definition) is 4. The lowest BCUT2D eigenvalue weighted by Gasteiger charge is -2.26. The van der Waals surface area contributed by atoms with Crippen LogP contribution in [0.15, 0.2) is 53.0 Å². The van der Waals surface area contributed by atoms with E-state index in [1.54, 1.807) is 0 Å². The zero-order valence-electron chi connectivity index (χ0n) is 17.6. The molecule has 3 aromatic rings. The van der Waals surface area contributed by atoms with Crippen LogP contribution < -0.4 is 9.47 Å². The fourth-order valence-electron chi connectivity index (χ4n) is 3.84. The number of hydrogen-bond donors (Lipinski definition) is 0. The van der Waals surface area contributed by atoms with Gasteiger partial charge in [-0.1, -0.05) is 29.3 Å². The predicted molar refractivity (Wildman–Crippen MR) is 126 cm³/mol. The van der Waals surface area contributed by atoms with Gasteiger partial charge in [0.25, 0.3) is 0 Å². The van der Waals surface area contributed by atoms with E-state index in [-0.39, 0.29) is 0 Å². The number of ether oxygens (including phenoxy) is 2. The van der Waals surface area contributed by atoms with Gasteiger partial charge in [-0.2, -0.15) is 0 Å². The van der Waals surface area contributed by atoms with Crippen LogP contribution in [0.2, 0.25) is 0 Å². The summed E-state index contributed by atoms with van der Waals surface area (Å²) < 4.78 is 13.0. The fourth-order valence-corrected chi connectivity index (χ4v) is 4.21. The lowest BCUT2D eigenvalue weighted by Crippen LogP contribution is -2.33. The summed E-state index contributed by atoms with van der Waals surface area (Å²) in [6.45, 7) is 6.87. The quantitative estimate of drug-likeness (QED) is 0.387. The number of rotatable bonds is 8. The summed E-state index contributed by atoms with van der Waals surface area (Å²) in [6, 6.07) is 16.4. The normalized spacial score (nSPS) is 14.7. The van der Waals surface area contributed by atoms with Gasteiger partial charge in [0.15, 0.2) is 0 Å². The highest BCUT2D eigenvalue weighted by molar-refractivity contribution is 9.10. The molecule has 158 valence electrons. The Hall–Kier alpha value is -2.11. The lowest BCUT2D eigenvalue weighted by molar-refractivity contribution is 0.184. The van der Waals surface area contributed by atoms with Crippen LogP contribution in [0.5, 0.6) is 11.5 Å². The summed E-state index contributed by atoms with van der Waals surface area (Å²) in [6.07, 6.45) is 4.95. The highest BCUT2D eigenvalue weighted by Gasteiger charge is 2.12. The van der Waals surface area contributed by atoms with E-state index in [2.05, 4.69) is 52.0 Å². The largest absolute Gasteiger partial charge is 0.494 e. The smallest absolute Gasteiger partial charge is 0.130 e. The maximum absolute atomic E-state index is 6.29. The van der Waals surface area contributed by atoms with E-state index in [1.165, 1.54) is 32.4 Å². The number of aromatic nitrogens is 1. The van der Waals surface area contributed by atoms with Crippen molar-refractivity contribution in [3.63, 3.8) is 0 Å². The van der Waals surface area contributed by atoms with Crippen LogP contribution in [0, 0.1) is 0 Å². The van der Waals surface area contributed by atoms with Gasteiger partial charge in [0.05, 0.1) is 17.8 Å². The minimum atomic E-state index is 0.689. The van der Waals surface area contributed by atoms with Crippen LogP contribution in [0.4, 0.5) is 0 Å². The van der Waals surface area contributed by atoms with Gasteiger partial charge in [-0.05, 0) is 74.8 Å². The second kappa shape index (κ2) is 10.3. The van der Waals surface area contributed by atoms with Gasteiger partial charge in [-0.25, -0.2) is 4.98 Å². The van der Waals surface area contributed by atoms with E-state index >= 15 is 0 Å². The zero-order chi connectivity index (χ0) is 20.8. The molecule has 1 aliphatic rings. The van der Waals surface area contributed by atoms with Crippen LogP contribution in [-0.4, -0.2) is 42.7 Å². The second-order valence-corrected chi connectivity index (χ2v) is 8.71. The van der Waals surface area contributed by atoms with Crippen molar-refractivity contribution in [2.75, 3.05) is 32.8 Å². The molecule has 0 spiro atoms. The van der Waals surface area contributed by atoms with Gasteiger partial charge >= 0.3 is 0 Å². The van der Waals surface area contributed by atoms with Crippen molar-refractivity contribution in [2.45, 2.75) is 32.6 Å². The summed E-state index contributed by atoms with van der Waals surface area (Å²) in [5, 5.41) is 1.04. The topological polar surface area (TPSA) is 34.6 Å². The Balaban J connectivity index is 1.57. The number of pyridine rings is 1. The predicted octanol–water partition coefficient (Wildman–Crippen LogP) is 6.32. The molecule has 1 saturated heterocycles. The number of piperidine rings is 1. The molecule has 1 aliphatic heterocycles. The summed E-state index contributed by atoms with van der Waals surface area (Å²) in [5.41, 5.74) is 2.92. The van der Waals surface area contributed by atoms with E-state index in [0.717, 1.165) is 57.7 Å². The Morgan fingerprint density at radius 1 is 0.933 bits per heavy atom. The van der Waals surface area contributed by atoms with E-state index < -0.39 is 0 Å². The monoisotopic (exact) mass is 468 g/mol. The molecular formula is C25H29BrN2O2. The third-order valence-corrected chi connectivity index (χ3v) is 5.96. The van der Waals surface area contributed by atoms with Crippen LogP contribution >= 0.6 is 15.9 Å². The number of nitrogens with zero attached hydrogens (tertiary/aromatic N) is 2. The minimum absolute atomic E-state index is 0.689. The number of fused-ring (bicyclic) bond motifs is 1. The molecule has 30 heavy (non-hydrogen) atoms. The Labute approximate surface area is 187 Å². The minimum Gasteiger partial charge on any atom is -0.494 e. The summed E-state index contributed by atoms with van der Waals surface area (Å²) in [7, 11) is 0. The molecule has 0 atom stereocenters. The van der Waals surface area contributed by atoms with Crippen molar-refractivity contribution in [1.29, 1.82) is 0 Å². The molecular weight excluding hydrogens is 440 g/mol. The number of likely N-dealkylation sites (tertiary alicyclic amines) is 1. The van der Waals surface area contributed by atoms with Crippen LogP contribution in [0.1, 0.15) is 32.6 Å². The molecule has 1 fully saturated rings. The van der Waals surface area contributed by atoms with Crippen molar-refractivity contribution >= 4 is 26.8 Å². The van der Waals surface area contributed by atoms with E-state index in [4.69, 9.17) is 14.5 Å². The van der Waals surface area contributed by atoms with E-state index in [9.17, 15) is 0 Å². The fraction of sp³-hybridized carbons (Fsp3) is 0.400. The van der Waals surface area contributed by atoms with E-state index in [1.807, 2.05) is 24.3 Å². The highest BCUT2D eigenvalue weighted by atomic mass is 79.9. The average molecular weight is 469 g/mol. The molecule has 4 rings (SSSR count). The van der Waals surface area contributed by atoms with E-state index in [0.29, 0.717) is 6.61 Å². The third kappa shape index (κ3) is 5.32. The first kappa shape index (κ1) is 21.1. The first-order chi connectivity index (χ1) is 14.7. The molecule has 0 N–H and O–H groups in total. The maximum Gasteiger partial charge on any atom is 0.130 e. The van der Waals surface area contributed by atoms with Gasteiger partial charge in [-0.3, -0.25) is 4.90 Å². The van der Waals surface area contributed by atoms with Crippen molar-refractivity contribution < 1.29 is 9.47 Å². The van der Waals surface area contributed by atoms with Gasteiger partial charge in [0.1, 0.15) is 18.1 Å². The number of benzene rings is 2. The van der Waals surface area contributed by atoms with Gasteiger partial charge in [-0.15, -0.1) is 0 Å². The molecule has 5 heteroatoms. The maximum atomic E-state index is 6.29. The first-order valence-electron chi connectivity index (χ1n) is 10.9. The molecule has 0 aliphatic carbocycles. The molecule has 4 nitrogen and oxygen atoms in total. The first-order valence-corrected chi connectivity index (χ1v) is 11.7. The molecule has 2 heterocycles. The summed E-state index contributed by atoms with van der Waals surface area (Å²) >= 11 is 3.58. The molecule has 0 amide bonds. The average Bonchev–Trinajstić information content (AvgIpc) is 2.79. The molecule has 0 radical (unpaired) electrons. The Morgan fingerprint density at radius 2 is 1.73 bits per heavy atom. The standard InChI is InChI=1S/C25H29BrN2O2/c1-2-15-29-21-9-6-19(7-10-21)24-18-25(22-17-20(26)8-11-23(22)27-24)30-16-14-28-12-4-3-5-13-28/h6-11,17-18H,2-5,12-16H2,1H3.